The van der Waals surface area contributed by atoms with Gasteiger partial charge >= 0.3 is 0 Å². The monoisotopic (exact) mass is 296 g/mol. The number of hydrogen-bond acceptors (Lipinski definition) is 3. The van der Waals surface area contributed by atoms with Crippen molar-refractivity contribution in [1.82, 2.24) is 9.97 Å². The zero-order valence-electron chi connectivity index (χ0n) is 9.75. The molecule has 0 N–H and O–H groups in total. The molecule has 6 heteroatoms. The molecule has 2 aromatic heterocycles. The van der Waals surface area contributed by atoms with E-state index in [2.05, 4.69) is 9.97 Å². The highest BCUT2D eigenvalue weighted by atomic mass is 35.5. The van der Waals surface area contributed by atoms with Crippen molar-refractivity contribution < 1.29 is 8.78 Å². The van der Waals surface area contributed by atoms with Crippen molar-refractivity contribution in [3.63, 3.8) is 0 Å². The molecule has 3 rings (SSSR count). The fourth-order valence-electron chi connectivity index (χ4n) is 1.86. The molecular weight excluding hydrogens is 290 g/mol. The van der Waals surface area contributed by atoms with Gasteiger partial charge in [-0.25, -0.2) is 18.7 Å². The quantitative estimate of drug-likeness (QED) is 0.613. The summed E-state index contributed by atoms with van der Waals surface area (Å²) >= 11 is 7.43. The van der Waals surface area contributed by atoms with E-state index in [1.807, 2.05) is 5.38 Å². The number of thiophene rings is 1. The summed E-state index contributed by atoms with van der Waals surface area (Å²) in [7, 11) is 0. The minimum atomic E-state index is -0.881. The van der Waals surface area contributed by atoms with E-state index in [-0.39, 0.29) is 0 Å². The largest absolute Gasteiger partial charge is 0.232 e. The van der Waals surface area contributed by atoms with Gasteiger partial charge in [-0.1, -0.05) is 17.7 Å². The summed E-state index contributed by atoms with van der Waals surface area (Å²) in [6, 6.07) is 3.78. The van der Waals surface area contributed by atoms with Gasteiger partial charge in [0, 0.05) is 10.9 Å². The minimum absolute atomic E-state index is 0.376. The summed E-state index contributed by atoms with van der Waals surface area (Å²) in [6.07, 6.45) is 0. The molecule has 96 valence electrons. The first kappa shape index (κ1) is 12.4. The lowest BCUT2D eigenvalue weighted by Gasteiger charge is -2.01. The first-order valence-corrected chi connectivity index (χ1v) is 6.69. The van der Waals surface area contributed by atoms with Gasteiger partial charge in [-0.15, -0.1) is 11.3 Å². The van der Waals surface area contributed by atoms with Crippen LogP contribution in [0.3, 0.4) is 0 Å². The van der Waals surface area contributed by atoms with Crippen molar-refractivity contribution in [3.8, 4) is 11.1 Å². The number of aryl methyl sites for hydroxylation is 1. The number of fused-ring (bicyclic) bond motifs is 1. The third-order valence-corrected chi connectivity index (χ3v) is 4.08. The Hall–Kier alpha value is -1.59. The fraction of sp³-hybridized carbons (Fsp3) is 0.0769. The van der Waals surface area contributed by atoms with Crippen molar-refractivity contribution in [2.75, 3.05) is 0 Å². The molecule has 0 radical (unpaired) electrons. The van der Waals surface area contributed by atoms with E-state index in [0.29, 0.717) is 22.1 Å². The molecule has 0 saturated carbocycles. The Kier molecular flexibility index (Phi) is 2.95. The van der Waals surface area contributed by atoms with E-state index in [1.165, 1.54) is 17.4 Å². The van der Waals surface area contributed by atoms with Gasteiger partial charge in [0.2, 0.25) is 0 Å². The van der Waals surface area contributed by atoms with Gasteiger partial charge in [-0.3, -0.25) is 0 Å². The number of halogens is 3. The van der Waals surface area contributed by atoms with Gasteiger partial charge in [0.05, 0.1) is 10.2 Å². The molecule has 0 spiro atoms. The van der Waals surface area contributed by atoms with Crippen LogP contribution in [0, 0.1) is 18.6 Å². The molecule has 3 aromatic rings. The molecule has 19 heavy (non-hydrogen) atoms. The summed E-state index contributed by atoms with van der Waals surface area (Å²) in [4.78, 5) is 8.39. The van der Waals surface area contributed by atoms with Crippen molar-refractivity contribution in [1.29, 1.82) is 0 Å². The summed E-state index contributed by atoms with van der Waals surface area (Å²) in [6.45, 7) is 1.73. The van der Waals surface area contributed by atoms with E-state index in [9.17, 15) is 8.78 Å². The van der Waals surface area contributed by atoms with E-state index >= 15 is 0 Å². The molecule has 0 amide bonds. The number of rotatable bonds is 1. The van der Waals surface area contributed by atoms with E-state index < -0.39 is 11.6 Å². The summed E-state index contributed by atoms with van der Waals surface area (Å²) in [5.41, 5.74) is 1.96. The number of nitrogens with zero attached hydrogens (tertiary/aromatic N) is 2. The fourth-order valence-corrected chi connectivity index (χ4v) is 3.10. The van der Waals surface area contributed by atoms with Crippen molar-refractivity contribution in [3.05, 3.63) is 46.2 Å². The molecule has 0 bridgehead atoms. The predicted molar refractivity (Wildman–Crippen MR) is 72.5 cm³/mol. The van der Waals surface area contributed by atoms with Crippen LogP contribution in [0.2, 0.25) is 5.15 Å². The molecule has 2 nitrogen and oxygen atoms in total. The molecule has 0 fully saturated rings. The summed E-state index contributed by atoms with van der Waals surface area (Å²) in [5, 5.41) is 2.19. The first-order chi connectivity index (χ1) is 9.06. The Morgan fingerprint density at radius 1 is 1.16 bits per heavy atom. The maximum atomic E-state index is 13.3. The molecule has 0 aliphatic carbocycles. The Morgan fingerprint density at radius 3 is 2.68 bits per heavy atom. The van der Waals surface area contributed by atoms with E-state index in [4.69, 9.17) is 11.6 Å². The number of benzene rings is 1. The second-order valence-electron chi connectivity index (χ2n) is 4.02. The molecular formula is C13H7ClF2N2S. The first-order valence-electron chi connectivity index (χ1n) is 5.43. The SMILES string of the molecule is Cc1nc(Cl)c2scc(-c3ccc(F)c(F)c3)c2n1. The smallest absolute Gasteiger partial charge is 0.159 e. The summed E-state index contributed by atoms with van der Waals surface area (Å²) in [5.74, 6) is -1.21. The second-order valence-corrected chi connectivity index (χ2v) is 5.26. The molecule has 2 heterocycles. The van der Waals surface area contributed by atoms with Crippen molar-refractivity contribution in [2.24, 2.45) is 0 Å². The highest BCUT2D eigenvalue weighted by molar-refractivity contribution is 7.18. The van der Waals surface area contributed by atoms with Crippen LogP contribution in [0.5, 0.6) is 0 Å². The van der Waals surface area contributed by atoms with Gasteiger partial charge in [-0.2, -0.15) is 0 Å². The highest BCUT2D eigenvalue weighted by Crippen LogP contribution is 2.36. The van der Waals surface area contributed by atoms with Crippen LogP contribution >= 0.6 is 22.9 Å². The standard InChI is InChI=1S/C13H7ClF2N2S/c1-6-17-11-8(5-19-12(11)13(14)18-6)7-2-3-9(15)10(16)4-7/h2-5H,1H3. The van der Waals surface area contributed by atoms with Gasteiger partial charge < -0.3 is 0 Å². The average Bonchev–Trinajstić information content (AvgIpc) is 2.76. The Balaban J connectivity index is 2.28. The Morgan fingerprint density at radius 2 is 1.95 bits per heavy atom. The number of hydrogen-bond donors (Lipinski definition) is 0. The van der Waals surface area contributed by atoms with Crippen LogP contribution < -0.4 is 0 Å². The zero-order valence-corrected chi connectivity index (χ0v) is 11.3. The predicted octanol–water partition coefficient (Wildman–Crippen LogP) is 4.60. The molecule has 0 aliphatic rings. The lowest BCUT2D eigenvalue weighted by molar-refractivity contribution is 0.509. The van der Waals surface area contributed by atoms with Crippen LogP contribution in [-0.2, 0) is 0 Å². The maximum Gasteiger partial charge on any atom is 0.159 e. The van der Waals surface area contributed by atoms with E-state index in [1.54, 1.807) is 6.92 Å². The molecule has 1 aromatic carbocycles. The molecule has 0 saturated heterocycles. The van der Waals surface area contributed by atoms with Crippen LogP contribution in [0.1, 0.15) is 5.82 Å². The third kappa shape index (κ3) is 2.09. The van der Waals surface area contributed by atoms with Crippen molar-refractivity contribution in [2.45, 2.75) is 6.92 Å². The Bertz CT molecular complexity index is 786. The zero-order chi connectivity index (χ0) is 13.6. The second kappa shape index (κ2) is 4.51. The van der Waals surface area contributed by atoms with E-state index in [0.717, 1.165) is 22.4 Å². The molecule has 0 aliphatic heterocycles. The average molecular weight is 297 g/mol. The molecule has 0 atom stereocenters. The third-order valence-electron chi connectivity index (χ3n) is 2.72. The van der Waals surface area contributed by atoms with Crippen LogP contribution in [0.4, 0.5) is 8.78 Å². The highest BCUT2D eigenvalue weighted by Gasteiger charge is 2.13. The number of aromatic nitrogens is 2. The van der Waals surface area contributed by atoms with Crippen LogP contribution in [-0.4, -0.2) is 9.97 Å². The normalized spacial score (nSPS) is 11.2. The Labute approximate surface area is 116 Å². The molecule has 0 unspecified atom stereocenters. The van der Waals surface area contributed by atoms with Crippen LogP contribution in [0.15, 0.2) is 23.6 Å². The van der Waals surface area contributed by atoms with Crippen molar-refractivity contribution >= 4 is 33.2 Å². The van der Waals surface area contributed by atoms with Gasteiger partial charge in [0.15, 0.2) is 16.8 Å². The summed E-state index contributed by atoms with van der Waals surface area (Å²) < 4.78 is 27.0. The topological polar surface area (TPSA) is 25.8 Å². The maximum absolute atomic E-state index is 13.3. The van der Waals surface area contributed by atoms with Gasteiger partial charge in [0.1, 0.15) is 5.82 Å². The van der Waals surface area contributed by atoms with Crippen LogP contribution in [0.25, 0.3) is 21.3 Å². The lowest BCUT2D eigenvalue weighted by atomic mass is 10.1. The van der Waals surface area contributed by atoms with Gasteiger partial charge in [-0.05, 0) is 24.6 Å². The van der Waals surface area contributed by atoms with Gasteiger partial charge in [0.25, 0.3) is 0 Å². The lowest BCUT2D eigenvalue weighted by Crippen LogP contribution is -1.89. The minimum Gasteiger partial charge on any atom is -0.232 e.